The second-order valence-electron chi connectivity index (χ2n) is 16.6. The number of carbonyl (C=O) groups excluding carboxylic acids is 4. The second-order valence-corrected chi connectivity index (χ2v) is 16.6. The molecule has 324 valence electrons. The third-order valence-corrected chi connectivity index (χ3v) is 10.7. The van der Waals surface area contributed by atoms with Crippen molar-refractivity contribution in [3.05, 3.63) is 0 Å². The Hall–Kier alpha value is -2.16. The number of unbranched alkanes of at least 4 members (excludes halogenated alkanes) is 13. The molecular formula is C46H87NO8. The van der Waals surface area contributed by atoms with Crippen molar-refractivity contribution >= 4 is 23.9 Å². The van der Waals surface area contributed by atoms with E-state index in [4.69, 9.17) is 18.9 Å². The maximum Gasteiger partial charge on any atom is 0.305 e. The highest BCUT2D eigenvalue weighted by atomic mass is 16.6. The Morgan fingerprint density at radius 3 is 1.05 bits per heavy atom. The van der Waals surface area contributed by atoms with E-state index in [0.717, 1.165) is 96.4 Å². The fraction of sp³-hybridized carbons (Fsp3) is 0.913. The molecule has 0 aliphatic heterocycles. The first kappa shape index (κ1) is 52.8. The summed E-state index contributed by atoms with van der Waals surface area (Å²) in [6.45, 7) is 11.2. The molecule has 0 radical (unpaired) electrons. The summed E-state index contributed by atoms with van der Waals surface area (Å²) in [5, 5.41) is 0. The molecule has 1 unspecified atom stereocenters. The van der Waals surface area contributed by atoms with Gasteiger partial charge in [0, 0.05) is 25.7 Å². The summed E-state index contributed by atoms with van der Waals surface area (Å²) in [6, 6.07) is 0. The lowest BCUT2D eigenvalue weighted by Gasteiger charge is -2.32. The van der Waals surface area contributed by atoms with Crippen molar-refractivity contribution in [3.8, 4) is 0 Å². The van der Waals surface area contributed by atoms with Crippen molar-refractivity contribution in [2.75, 3.05) is 47.1 Å². The van der Waals surface area contributed by atoms with E-state index in [1.807, 2.05) is 14.1 Å². The van der Waals surface area contributed by atoms with Crippen LogP contribution in [0, 0.1) is 17.3 Å². The van der Waals surface area contributed by atoms with Crippen LogP contribution in [0.5, 0.6) is 0 Å². The SMILES string of the molecule is CCCCCCCCCC(=O)OCC(COC(=O)CCCCCCCCC)(COC(=O)CCCCN(C)C)COC(=O)CCC(CCC)C(CCC)CCC. The third-order valence-electron chi connectivity index (χ3n) is 10.7. The molecule has 0 spiro atoms. The van der Waals surface area contributed by atoms with Crippen molar-refractivity contribution < 1.29 is 38.1 Å². The molecule has 0 fully saturated rings. The zero-order valence-electron chi connectivity index (χ0n) is 37.0. The van der Waals surface area contributed by atoms with E-state index < -0.39 is 5.41 Å². The van der Waals surface area contributed by atoms with Crippen molar-refractivity contribution in [2.45, 2.75) is 208 Å². The van der Waals surface area contributed by atoms with Gasteiger partial charge in [-0.1, -0.05) is 150 Å². The van der Waals surface area contributed by atoms with Gasteiger partial charge in [0.15, 0.2) is 0 Å². The van der Waals surface area contributed by atoms with E-state index in [1.165, 1.54) is 51.4 Å². The topological polar surface area (TPSA) is 108 Å². The van der Waals surface area contributed by atoms with Gasteiger partial charge < -0.3 is 23.8 Å². The molecule has 0 aliphatic carbocycles. The first-order valence-corrected chi connectivity index (χ1v) is 22.8. The van der Waals surface area contributed by atoms with Crippen LogP contribution >= 0.6 is 0 Å². The Bertz CT molecular complexity index is 914. The van der Waals surface area contributed by atoms with Crippen molar-refractivity contribution in [1.29, 1.82) is 0 Å². The number of esters is 4. The summed E-state index contributed by atoms with van der Waals surface area (Å²) in [7, 11) is 3.99. The predicted octanol–water partition coefficient (Wildman–Crippen LogP) is 11.6. The number of hydrogen-bond donors (Lipinski definition) is 0. The third kappa shape index (κ3) is 30.6. The van der Waals surface area contributed by atoms with E-state index in [1.54, 1.807) is 0 Å². The smallest absolute Gasteiger partial charge is 0.305 e. The first-order valence-electron chi connectivity index (χ1n) is 22.8. The van der Waals surface area contributed by atoms with Gasteiger partial charge in [0.25, 0.3) is 0 Å². The molecule has 9 nitrogen and oxygen atoms in total. The van der Waals surface area contributed by atoms with E-state index in [9.17, 15) is 19.2 Å². The number of hydrogen-bond acceptors (Lipinski definition) is 9. The number of ether oxygens (including phenoxy) is 4. The molecule has 0 N–H and O–H groups in total. The van der Waals surface area contributed by atoms with Crippen LogP contribution in [0.25, 0.3) is 0 Å². The lowest BCUT2D eigenvalue weighted by molar-refractivity contribution is -0.171. The van der Waals surface area contributed by atoms with Gasteiger partial charge in [-0.25, -0.2) is 0 Å². The highest BCUT2D eigenvalue weighted by molar-refractivity contribution is 5.71. The molecule has 0 saturated heterocycles. The molecule has 55 heavy (non-hydrogen) atoms. The minimum Gasteiger partial charge on any atom is -0.465 e. The molecule has 0 saturated carbocycles. The van der Waals surface area contributed by atoms with E-state index in [-0.39, 0.29) is 76.0 Å². The predicted molar refractivity (Wildman–Crippen MR) is 225 cm³/mol. The first-order chi connectivity index (χ1) is 26.6. The van der Waals surface area contributed by atoms with Crippen LogP contribution in [0.3, 0.4) is 0 Å². The molecule has 0 bridgehead atoms. The molecule has 0 heterocycles. The summed E-state index contributed by atoms with van der Waals surface area (Å²) in [6.07, 6.45) is 25.3. The summed E-state index contributed by atoms with van der Waals surface area (Å²) in [4.78, 5) is 54.4. The van der Waals surface area contributed by atoms with Gasteiger partial charge in [-0.15, -0.1) is 0 Å². The van der Waals surface area contributed by atoms with Gasteiger partial charge in [-0.05, 0) is 64.6 Å². The average molecular weight is 782 g/mol. The van der Waals surface area contributed by atoms with E-state index >= 15 is 0 Å². The summed E-state index contributed by atoms with van der Waals surface area (Å²) in [5.41, 5.74) is -1.21. The Morgan fingerprint density at radius 1 is 0.400 bits per heavy atom. The Labute approximate surface area is 338 Å². The summed E-state index contributed by atoms with van der Waals surface area (Å²) >= 11 is 0. The highest BCUT2D eigenvalue weighted by Crippen LogP contribution is 2.31. The van der Waals surface area contributed by atoms with E-state index in [2.05, 4.69) is 39.5 Å². The summed E-state index contributed by atoms with van der Waals surface area (Å²) < 4.78 is 23.4. The van der Waals surface area contributed by atoms with Gasteiger partial charge >= 0.3 is 23.9 Å². The number of rotatable bonds is 39. The maximum absolute atomic E-state index is 13.4. The molecule has 0 aromatic rings. The summed E-state index contributed by atoms with van der Waals surface area (Å²) in [5.74, 6) is -0.376. The van der Waals surface area contributed by atoms with Gasteiger partial charge in [0.2, 0.25) is 0 Å². The molecule has 0 rings (SSSR count). The van der Waals surface area contributed by atoms with Crippen molar-refractivity contribution in [3.63, 3.8) is 0 Å². The molecule has 0 aliphatic rings. The fourth-order valence-electron chi connectivity index (χ4n) is 7.27. The van der Waals surface area contributed by atoms with Crippen molar-refractivity contribution in [2.24, 2.45) is 17.3 Å². The zero-order chi connectivity index (χ0) is 41.0. The van der Waals surface area contributed by atoms with Crippen LogP contribution in [-0.4, -0.2) is 75.8 Å². The average Bonchev–Trinajstić information content (AvgIpc) is 3.16. The molecule has 0 aromatic carbocycles. The van der Waals surface area contributed by atoms with Crippen LogP contribution in [0.4, 0.5) is 0 Å². The van der Waals surface area contributed by atoms with Gasteiger partial charge in [0.1, 0.15) is 31.8 Å². The van der Waals surface area contributed by atoms with Gasteiger partial charge in [0.05, 0.1) is 0 Å². The van der Waals surface area contributed by atoms with Crippen LogP contribution < -0.4 is 0 Å². The lowest BCUT2D eigenvalue weighted by Crippen LogP contribution is -2.44. The van der Waals surface area contributed by atoms with Crippen LogP contribution in [0.2, 0.25) is 0 Å². The minimum absolute atomic E-state index is 0.179. The highest BCUT2D eigenvalue weighted by Gasteiger charge is 2.38. The standard InChI is InChI=1S/C46H87NO8/c1-8-13-15-17-19-21-23-30-42(48)52-36-46(38-54-44(50)32-25-26-35-47(6)7,37-53-43(49)31-24-22-20-18-16-14-9-2)39-55-45(51)34-33-41(29-12-5)40(27-10-3)28-11-4/h40-41H,8-39H2,1-7H3. The molecule has 0 aromatic heterocycles. The van der Waals surface area contributed by atoms with Crippen LogP contribution in [0.1, 0.15) is 208 Å². The zero-order valence-corrected chi connectivity index (χ0v) is 37.0. The number of carbonyl (C=O) groups is 4. The lowest BCUT2D eigenvalue weighted by atomic mass is 9.80. The Morgan fingerprint density at radius 2 is 0.709 bits per heavy atom. The monoisotopic (exact) mass is 782 g/mol. The Balaban J connectivity index is 5.85. The quantitative estimate of drug-likeness (QED) is 0.0342. The fourth-order valence-corrected chi connectivity index (χ4v) is 7.27. The molecular weight excluding hydrogens is 695 g/mol. The molecule has 0 amide bonds. The number of nitrogens with zero attached hydrogens (tertiary/aromatic N) is 1. The molecule has 9 heteroatoms. The second kappa shape index (κ2) is 36.2. The van der Waals surface area contributed by atoms with Crippen LogP contribution in [-0.2, 0) is 38.1 Å². The normalized spacial score (nSPS) is 12.2. The van der Waals surface area contributed by atoms with Crippen molar-refractivity contribution in [1.82, 2.24) is 4.90 Å². The Kier molecular flexibility index (Phi) is 34.8. The van der Waals surface area contributed by atoms with Gasteiger partial charge in [-0.3, -0.25) is 19.2 Å². The van der Waals surface area contributed by atoms with Gasteiger partial charge in [-0.2, -0.15) is 0 Å². The van der Waals surface area contributed by atoms with E-state index in [0.29, 0.717) is 18.3 Å². The maximum atomic E-state index is 13.4. The minimum atomic E-state index is -1.21. The largest absolute Gasteiger partial charge is 0.465 e. The van der Waals surface area contributed by atoms with Crippen LogP contribution in [0.15, 0.2) is 0 Å². The molecule has 1 atom stereocenters.